The second kappa shape index (κ2) is 6.18. The maximum absolute atomic E-state index is 6.25. The van der Waals surface area contributed by atoms with Gasteiger partial charge in [-0.3, -0.25) is 0 Å². The Bertz CT molecular complexity index is 345. The highest BCUT2D eigenvalue weighted by Crippen LogP contribution is 2.19. The van der Waals surface area contributed by atoms with Crippen molar-refractivity contribution in [3.8, 4) is 0 Å². The zero-order valence-corrected chi connectivity index (χ0v) is 10.7. The molecule has 1 aliphatic heterocycles. The average Bonchev–Trinajstić information content (AvgIpc) is 2.37. The van der Waals surface area contributed by atoms with Gasteiger partial charge >= 0.3 is 0 Å². The first-order valence-corrected chi connectivity index (χ1v) is 6.64. The van der Waals surface area contributed by atoms with Crippen molar-refractivity contribution in [1.82, 2.24) is 0 Å². The largest absolute Gasteiger partial charge is 0.381 e. The lowest BCUT2D eigenvalue weighted by atomic mass is 9.90. The number of benzene rings is 1. The van der Waals surface area contributed by atoms with Crippen molar-refractivity contribution in [2.45, 2.75) is 38.6 Å². The van der Waals surface area contributed by atoms with E-state index in [4.69, 9.17) is 10.5 Å². The van der Waals surface area contributed by atoms with Crippen LogP contribution < -0.4 is 5.73 Å². The maximum Gasteiger partial charge on any atom is 0.0509 e. The van der Waals surface area contributed by atoms with Gasteiger partial charge in [0.1, 0.15) is 0 Å². The van der Waals surface area contributed by atoms with Crippen molar-refractivity contribution in [3.05, 3.63) is 35.4 Å². The Kier molecular flexibility index (Phi) is 4.57. The Morgan fingerprint density at radius 1 is 1.47 bits per heavy atom. The third kappa shape index (κ3) is 3.83. The second-order valence-corrected chi connectivity index (χ2v) is 5.17. The van der Waals surface area contributed by atoms with Crippen LogP contribution in [0.15, 0.2) is 24.3 Å². The van der Waals surface area contributed by atoms with E-state index in [-0.39, 0.29) is 6.04 Å². The van der Waals surface area contributed by atoms with Crippen LogP contribution in [0.4, 0.5) is 0 Å². The molecule has 1 saturated heterocycles. The van der Waals surface area contributed by atoms with Crippen LogP contribution in [-0.4, -0.2) is 19.3 Å². The lowest BCUT2D eigenvalue weighted by molar-refractivity contribution is 0.0439. The van der Waals surface area contributed by atoms with E-state index in [2.05, 4.69) is 31.2 Å². The van der Waals surface area contributed by atoms with E-state index in [0.29, 0.717) is 5.92 Å². The minimum atomic E-state index is 0.288. The Hall–Kier alpha value is -0.860. The van der Waals surface area contributed by atoms with Crippen molar-refractivity contribution >= 4 is 0 Å². The summed E-state index contributed by atoms with van der Waals surface area (Å²) in [5, 5.41) is 0. The van der Waals surface area contributed by atoms with Crippen LogP contribution >= 0.6 is 0 Å². The molecule has 0 saturated carbocycles. The van der Waals surface area contributed by atoms with Gasteiger partial charge in [-0.15, -0.1) is 0 Å². The monoisotopic (exact) mass is 233 g/mol. The van der Waals surface area contributed by atoms with E-state index in [9.17, 15) is 0 Å². The van der Waals surface area contributed by atoms with E-state index < -0.39 is 0 Å². The Morgan fingerprint density at radius 3 is 3.06 bits per heavy atom. The summed E-state index contributed by atoms with van der Waals surface area (Å²) < 4.78 is 5.49. The summed E-state index contributed by atoms with van der Waals surface area (Å²) >= 11 is 0. The molecular formula is C15H23NO. The SMILES string of the molecule is Cc1cccc(CCC(N)C2CCCOC2)c1. The fourth-order valence-corrected chi connectivity index (χ4v) is 2.54. The Balaban J connectivity index is 1.80. The highest BCUT2D eigenvalue weighted by atomic mass is 16.5. The van der Waals surface area contributed by atoms with Crippen LogP contribution in [0.2, 0.25) is 0 Å². The molecule has 1 aliphatic rings. The zero-order chi connectivity index (χ0) is 12.1. The number of hydrogen-bond donors (Lipinski definition) is 1. The van der Waals surface area contributed by atoms with Crippen molar-refractivity contribution in [2.75, 3.05) is 13.2 Å². The number of rotatable bonds is 4. The normalized spacial score (nSPS) is 22.4. The van der Waals surface area contributed by atoms with E-state index in [0.717, 1.165) is 26.1 Å². The predicted octanol–water partition coefficient (Wildman–Crippen LogP) is 2.68. The summed E-state index contributed by atoms with van der Waals surface area (Å²) in [6.45, 7) is 3.91. The number of aryl methyl sites for hydroxylation is 2. The highest BCUT2D eigenvalue weighted by molar-refractivity contribution is 5.22. The van der Waals surface area contributed by atoms with E-state index >= 15 is 0 Å². The summed E-state index contributed by atoms with van der Waals surface area (Å²) in [5.41, 5.74) is 8.99. The molecule has 1 aromatic rings. The molecule has 2 heteroatoms. The minimum absolute atomic E-state index is 0.288. The van der Waals surface area contributed by atoms with Crippen LogP contribution in [-0.2, 0) is 11.2 Å². The number of hydrogen-bond acceptors (Lipinski definition) is 2. The van der Waals surface area contributed by atoms with Crippen molar-refractivity contribution in [2.24, 2.45) is 11.7 Å². The first kappa shape index (κ1) is 12.6. The molecule has 0 radical (unpaired) electrons. The van der Waals surface area contributed by atoms with Crippen LogP contribution in [0.3, 0.4) is 0 Å². The third-order valence-electron chi connectivity index (χ3n) is 3.65. The van der Waals surface area contributed by atoms with Crippen molar-refractivity contribution in [1.29, 1.82) is 0 Å². The van der Waals surface area contributed by atoms with E-state index in [1.54, 1.807) is 0 Å². The van der Waals surface area contributed by atoms with Crippen LogP contribution in [0.25, 0.3) is 0 Å². The van der Waals surface area contributed by atoms with Crippen molar-refractivity contribution < 1.29 is 4.74 Å². The van der Waals surface area contributed by atoms with Gasteiger partial charge in [-0.1, -0.05) is 29.8 Å². The number of ether oxygens (including phenoxy) is 1. The topological polar surface area (TPSA) is 35.2 Å². The predicted molar refractivity (Wildman–Crippen MR) is 71.0 cm³/mol. The van der Waals surface area contributed by atoms with E-state index in [1.807, 2.05) is 0 Å². The van der Waals surface area contributed by atoms with Crippen LogP contribution in [0, 0.1) is 12.8 Å². The third-order valence-corrected chi connectivity index (χ3v) is 3.65. The molecule has 1 heterocycles. The summed E-state index contributed by atoms with van der Waals surface area (Å²) in [4.78, 5) is 0. The van der Waals surface area contributed by atoms with E-state index in [1.165, 1.54) is 24.0 Å². The fourth-order valence-electron chi connectivity index (χ4n) is 2.54. The minimum Gasteiger partial charge on any atom is -0.381 e. The quantitative estimate of drug-likeness (QED) is 0.867. The summed E-state index contributed by atoms with van der Waals surface area (Å²) in [6.07, 6.45) is 4.55. The van der Waals surface area contributed by atoms with Gasteiger partial charge in [0, 0.05) is 12.6 Å². The smallest absolute Gasteiger partial charge is 0.0509 e. The van der Waals surface area contributed by atoms with Gasteiger partial charge in [0.15, 0.2) is 0 Å². The molecule has 2 N–H and O–H groups in total. The first-order chi connectivity index (χ1) is 8.25. The average molecular weight is 233 g/mol. The Morgan fingerprint density at radius 2 is 2.35 bits per heavy atom. The van der Waals surface area contributed by atoms with Gasteiger partial charge < -0.3 is 10.5 Å². The molecule has 0 spiro atoms. The molecule has 0 aromatic heterocycles. The first-order valence-electron chi connectivity index (χ1n) is 6.64. The van der Waals surface area contributed by atoms with Gasteiger partial charge in [0.05, 0.1) is 6.61 Å². The van der Waals surface area contributed by atoms with Gasteiger partial charge in [0.2, 0.25) is 0 Å². The van der Waals surface area contributed by atoms with Gasteiger partial charge in [-0.05, 0) is 44.1 Å². The molecule has 2 nitrogen and oxygen atoms in total. The molecule has 2 unspecified atom stereocenters. The summed E-state index contributed by atoms with van der Waals surface area (Å²) in [7, 11) is 0. The molecule has 2 atom stereocenters. The van der Waals surface area contributed by atoms with Crippen molar-refractivity contribution in [3.63, 3.8) is 0 Å². The highest BCUT2D eigenvalue weighted by Gasteiger charge is 2.20. The summed E-state index contributed by atoms with van der Waals surface area (Å²) in [6, 6.07) is 9.00. The fraction of sp³-hybridized carbons (Fsp3) is 0.600. The lowest BCUT2D eigenvalue weighted by Crippen LogP contribution is -2.36. The molecule has 0 bridgehead atoms. The molecular weight excluding hydrogens is 210 g/mol. The molecule has 1 aromatic carbocycles. The van der Waals surface area contributed by atoms with Gasteiger partial charge in [-0.25, -0.2) is 0 Å². The molecule has 2 rings (SSSR count). The molecule has 17 heavy (non-hydrogen) atoms. The molecule has 0 amide bonds. The second-order valence-electron chi connectivity index (χ2n) is 5.17. The lowest BCUT2D eigenvalue weighted by Gasteiger charge is -2.27. The zero-order valence-electron chi connectivity index (χ0n) is 10.7. The van der Waals surface area contributed by atoms with Gasteiger partial charge in [-0.2, -0.15) is 0 Å². The summed E-state index contributed by atoms with van der Waals surface area (Å²) in [5.74, 6) is 0.563. The standard InChI is InChI=1S/C15H23NO/c1-12-4-2-5-13(10-12)7-8-15(16)14-6-3-9-17-11-14/h2,4-5,10,14-15H,3,6-9,11,16H2,1H3. The van der Waals surface area contributed by atoms with Crippen LogP contribution in [0.5, 0.6) is 0 Å². The Labute approximate surface area is 104 Å². The van der Waals surface area contributed by atoms with Crippen LogP contribution in [0.1, 0.15) is 30.4 Å². The number of nitrogens with two attached hydrogens (primary N) is 1. The molecule has 1 fully saturated rings. The van der Waals surface area contributed by atoms with Gasteiger partial charge in [0.25, 0.3) is 0 Å². The molecule has 0 aliphatic carbocycles. The maximum atomic E-state index is 6.25. The molecule has 94 valence electrons.